The van der Waals surface area contributed by atoms with Gasteiger partial charge in [-0.2, -0.15) is 0 Å². The number of hydrogen-bond acceptors (Lipinski definition) is 3. The average Bonchev–Trinajstić information content (AvgIpc) is 2.74. The fourth-order valence-electron chi connectivity index (χ4n) is 4.17. The van der Waals surface area contributed by atoms with Gasteiger partial charge in [-0.3, -0.25) is 9.59 Å². The molecular weight excluding hydrogens is 387 g/mol. The summed E-state index contributed by atoms with van der Waals surface area (Å²) >= 11 is 0. The second-order valence-electron chi connectivity index (χ2n) is 8.15. The molecule has 1 saturated heterocycles. The molecule has 1 atom stereocenters. The third kappa shape index (κ3) is 5.70. The van der Waals surface area contributed by atoms with Gasteiger partial charge in [-0.25, -0.2) is 9.18 Å². The molecule has 2 aliphatic rings. The van der Waals surface area contributed by atoms with Crippen LogP contribution in [0, 0.1) is 5.82 Å². The predicted octanol–water partition coefficient (Wildman–Crippen LogP) is 2.52. The molecular formula is C22H31FN4O3. The van der Waals surface area contributed by atoms with Gasteiger partial charge in [-0.15, -0.1) is 0 Å². The molecule has 30 heavy (non-hydrogen) atoms. The third-order valence-corrected chi connectivity index (χ3v) is 5.92. The summed E-state index contributed by atoms with van der Waals surface area (Å²) in [6.07, 6.45) is 5.78. The minimum Gasteiger partial charge on any atom is -0.351 e. The Morgan fingerprint density at radius 3 is 2.53 bits per heavy atom. The van der Waals surface area contributed by atoms with Gasteiger partial charge in [0.15, 0.2) is 0 Å². The summed E-state index contributed by atoms with van der Waals surface area (Å²) in [5.74, 6) is -1.20. The van der Waals surface area contributed by atoms with Crippen LogP contribution in [0.25, 0.3) is 0 Å². The molecule has 0 radical (unpaired) electrons. The van der Waals surface area contributed by atoms with E-state index in [0.717, 1.165) is 25.7 Å². The number of rotatable bonds is 5. The van der Waals surface area contributed by atoms with E-state index in [2.05, 4.69) is 10.6 Å². The van der Waals surface area contributed by atoms with E-state index in [4.69, 9.17) is 0 Å². The number of carbonyl (C=O) groups is 3. The first-order valence-electron chi connectivity index (χ1n) is 10.8. The number of halogens is 1. The zero-order valence-electron chi connectivity index (χ0n) is 17.5. The van der Waals surface area contributed by atoms with Gasteiger partial charge in [0.25, 0.3) is 5.91 Å². The SMILES string of the molecule is CC1CN(C(=O)CCNC(=O)c2ccccc2F)CCN1C(=O)NC1CCCCC1. The van der Waals surface area contributed by atoms with Gasteiger partial charge in [0.1, 0.15) is 5.82 Å². The van der Waals surface area contributed by atoms with Crippen LogP contribution in [0.5, 0.6) is 0 Å². The fourth-order valence-corrected chi connectivity index (χ4v) is 4.17. The van der Waals surface area contributed by atoms with Crippen molar-refractivity contribution < 1.29 is 18.8 Å². The Hall–Kier alpha value is -2.64. The van der Waals surface area contributed by atoms with E-state index in [-0.39, 0.29) is 42.6 Å². The van der Waals surface area contributed by atoms with E-state index in [1.807, 2.05) is 6.92 Å². The van der Waals surface area contributed by atoms with Crippen LogP contribution in [0.15, 0.2) is 24.3 Å². The zero-order chi connectivity index (χ0) is 21.5. The number of carbonyl (C=O) groups excluding carboxylic acids is 3. The molecule has 1 aliphatic heterocycles. The highest BCUT2D eigenvalue weighted by Crippen LogP contribution is 2.18. The largest absolute Gasteiger partial charge is 0.351 e. The molecule has 1 aromatic carbocycles. The van der Waals surface area contributed by atoms with Gasteiger partial charge >= 0.3 is 6.03 Å². The Morgan fingerprint density at radius 2 is 1.83 bits per heavy atom. The van der Waals surface area contributed by atoms with Gasteiger partial charge in [-0.05, 0) is 31.9 Å². The molecule has 2 N–H and O–H groups in total. The normalized spacial score (nSPS) is 20.0. The van der Waals surface area contributed by atoms with Crippen molar-refractivity contribution in [2.24, 2.45) is 0 Å². The van der Waals surface area contributed by atoms with Gasteiger partial charge < -0.3 is 20.4 Å². The Balaban J connectivity index is 1.41. The van der Waals surface area contributed by atoms with Crippen molar-refractivity contribution in [2.75, 3.05) is 26.2 Å². The highest BCUT2D eigenvalue weighted by atomic mass is 19.1. The molecule has 1 unspecified atom stereocenters. The second-order valence-corrected chi connectivity index (χ2v) is 8.15. The molecule has 0 aromatic heterocycles. The lowest BCUT2D eigenvalue weighted by molar-refractivity contribution is -0.133. The van der Waals surface area contributed by atoms with Crippen molar-refractivity contribution in [1.29, 1.82) is 0 Å². The molecule has 7 nitrogen and oxygen atoms in total. The summed E-state index contributed by atoms with van der Waals surface area (Å²) in [6.45, 7) is 3.52. The van der Waals surface area contributed by atoms with Gasteiger partial charge in [0.2, 0.25) is 5.91 Å². The Morgan fingerprint density at radius 1 is 1.10 bits per heavy atom. The minimum absolute atomic E-state index is 0.0313. The molecule has 0 spiro atoms. The quantitative estimate of drug-likeness (QED) is 0.771. The predicted molar refractivity (Wildman–Crippen MR) is 112 cm³/mol. The van der Waals surface area contributed by atoms with Gasteiger partial charge in [-0.1, -0.05) is 31.4 Å². The number of nitrogens with one attached hydrogen (secondary N) is 2. The van der Waals surface area contributed by atoms with Crippen LogP contribution in [-0.4, -0.2) is 65.9 Å². The summed E-state index contributed by atoms with van der Waals surface area (Å²) in [6, 6.07) is 5.89. The Kier molecular flexibility index (Phi) is 7.65. The maximum absolute atomic E-state index is 13.6. The van der Waals surface area contributed by atoms with Crippen LogP contribution in [0.1, 0.15) is 55.8 Å². The molecule has 164 valence electrons. The van der Waals surface area contributed by atoms with E-state index in [1.54, 1.807) is 15.9 Å². The number of urea groups is 1. The summed E-state index contributed by atoms with van der Waals surface area (Å²) in [5.41, 5.74) is -0.0313. The van der Waals surface area contributed by atoms with Crippen LogP contribution in [0.3, 0.4) is 0 Å². The third-order valence-electron chi connectivity index (χ3n) is 5.92. The van der Waals surface area contributed by atoms with Crippen molar-refractivity contribution >= 4 is 17.8 Å². The second kappa shape index (κ2) is 10.4. The number of hydrogen-bond donors (Lipinski definition) is 2. The minimum atomic E-state index is -0.585. The van der Waals surface area contributed by atoms with Gasteiger partial charge in [0, 0.05) is 44.7 Å². The molecule has 1 heterocycles. The summed E-state index contributed by atoms with van der Waals surface area (Å²) < 4.78 is 13.6. The number of amides is 4. The molecule has 8 heteroatoms. The zero-order valence-corrected chi connectivity index (χ0v) is 17.5. The number of benzene rings is 1. The molecule has 4 amide bonds. The fraction of sp³-hybridized carbons (Fsp3) is 0.591. The summed E-state index contributed by atoms with van der Waals surface area (Å²) in [4.78, 5) is 40.7. The molecule has 1 saturated carbocycles. The van der Waals surface area contributed by atoms with E-state index < -0.39 is 11.7 Å². The highest BCUT2D eigenvalue weighted by molar-refractivity contribution is 5.94. The lowest BCUT2D eigenvalue weighted by atomic mass is 9.96. The first-order chi connectivity index (χ1) is 14.5. The molecule has 2 fully saturated rings. The van der Waals surface area contributed by atoms with Crippen LogP contribution >= 0.6 is 0 Å². The number of piperazine rings is 1. The van der Waals surface area contributed by atoms with Crippen molar-refractivity contribution in [3.05, 3.63) is 35.6 Å². The molecule has 3 rings (SSSR count). The van der Waals surface area contributed by atoms with Crippen LogP contribution in [-0.2, 0) is 4.79 Å². The Labute approximate surface area is 177 Å². The Bertz CT molecular complexity index is 767. The average molecular weight is 419 g/mol. The van der Waals surface area contributed by atoms with Crippen molar-refractivity contribution in [2.45, 2.75) is 57.5 Å². The van der Waals surface area contributed by atoms with Crippen LogP contribution in [0.4, 0.5) is 9.18 Å². The first kappa shape index (κ1) is 22.1. The smallest absolute Gasteiger partial charge is 0.317 e. The lowest BCUT2D eigenvalue weighted by Gasteiger charge is -2.40. The van der Waals surface area contributed by atoms with E-state index >= 15 is 0 Å². The summed E-state index contributed by atoms with van der Waals surface area (Å²) in [7, 11) is 0. The van der Waals surface area contributed by atoms with Crippen LogP contribution < -0.4 is 10.6 Å². The molecule has 1 aromatic rings. The lowest BCUT2D eigenvalue weighted by Crippen LogP contribution is -2.59. The maximum Gasteiger partial charge on any atom is 0.317 e. The molecule has 0 bridgehead atoms. The maximum atomic E-state index is 13.6. The highest BCUT2D eigenvalue weighted by Gasteiger charge is 2.30. The molecule has 1 aliphatic carbocycles. The van der Waals surface area contributed by atoms with Crippen molar-refractivity contribution in [3.63, 3.8) is 0 Å². The standard InChI is InChI=1S/C22H31FN4O3/c1-16-15-26(13-14-27(16)22(30)25-17-7-3-2-4-8-17)20(28)11-12-24-21(29)18-9-5-6-10-19(18)23/h5-6,9-10,16-17H,2-4,7-8,11-15H2,1H3,(H,24,29)(H,25,30). The monoisotopic (exact) mass is 418 g/mol. The number of nitrogens with zero attached hydrogens (tertiary/aromatic N) is 2. The van der Waals surface area contributed by atoms with Crippen molar-refractivity contribution in [3.8, 4) is 0 Å². The van der Waals surface area contributed by atoms with Crippen LogP contribution in [0.2, 0.25) is 0 Å². The van der Waals surface area contributed by atoms with Gasteiger partial charge in [0.05, 0.1) is 5.56 Å². The van der Waals surface area contributed by atoms with Crippen molar-refractivity contribution in [1.82, 2.24) is 20.4 Å². The first-order valence-corrected chi connectivity index (χ1v) is 10.8. The van der Waals surface area contributed by atoms with E-state index in [9.17, 15) is 18.8 Å². The summed E-state index contributed by atoms with van der Waals surface area (Å²) in [5, 5.41) is 5.73. The van der Waals surface area contributed by atoms with E-state index in [0.29, 0.717) is 19.6 Å². The topological polar surface area (TPSA) is 81.8 Å². The van der Waals surface area contributed by atoms with E-state index in [1.165, 1.54) is 24.6 Å².